The molecule has 1 aromatic heterocycles. The van der Waals surface area contributed by atoms with E-state index in [9.17, 15) is 0 Å². The Kier molecular flexibility index (Phi) is 9.28. The molecule has 0 saturated carbocycles. The first kappa shape index (κ1) is 35.9. The highest BCUT2D eigenvalue weighted by atomic mass is 16.4. The summed E-state index contributed by atoms with van der Waals surface area (Å²) in [6.45, 7) is 0. The topological polar surface area (TPSA) is 29.3 Å². The Morgan fingerprint density at radius 2 is 1.25 bits per heavy atom. The Balaban J connectivity index is 0.913. The molecule has 6 aromatic carbocycles. The van der Waals surface area contributed by atoms with Crippen LogP contribution < -0.4 is 15.3 Å². The summed E-state index contributed by atoms with van der Waals surface area (Å²) in [7, 11) is 0. The van der Waals surface area contributed by atoms with Crippen molar-refractivity contribution in [2.24, 2.45) is 0 Å². The second kappa shape index (κ2) is 15.5. The van der Waals surface area contributed by atoms with E-state index in [4.69, 9.17) is 9.40 Å². The van der Waals surface area contributed by atoms with Crippen molar-refractivity contribution in [3.05, 3.63) is 233 Å². The molecular weight excluding hydrogens is 729 g/mol. The number of allylic oxidation sites excluding steroid dienone is 7. The zero-order valence-electron chi connectivity index (χ0n) is 33.4. The lowest BCUT2D eigenvalue weighted by atomic mass is 9.80. The van der Waals surface area contributed by atoms with Gasteiger partial charge in [-0.2, -0.15) is 0 Å². The third kappa shape index (κ3) is 6.72. The number of oxazole rings is 1. The highest BCUT2D eigenvalue weighted by Gasteiger charge is 2.30. The Morgan fingerprint density at radius 1 is 0.567 bits per heavy atom. The molecule has 288 valence electrons. The number of aromatic nitrogens is 1. The van der Waals surface area contributed by atoms with Crippen LogP contribution in [-0.4, -0.2) is 11.0 Å². The Hall–Kier alpha value is -7.23. The first-order valence-corrected chi connectivity index (χ1v) is 21.2. The number of benzene rings is 6. The zero-order chi connectivity index (χ0) is 39.8. The molecule has 0 bridgehead atoms. The van der Waals surface area contributed by atoms with E-state index in [1.54, 1.807) is 0 Å². The SMILES string of the molecule is C1=CC(N(c2ccc3c(c2)=CCCC=3C2=CCC3C(=C2)C=Cc2nc(-c4ccc(-c5ccccc5)cc4)oc23)c2ccccc2-c2ccccc2)CC=C1c1ccccc1. The number of hydrogen-bond acceptors (Lipinski definition) is 3. The lowest BCUT2D eigenvalue weighted by Crippen LogP contribution is -2.35. The lowest BCUT2D eigenvalue weighted by molar-refractivity contribution is 0.490. The smallest absolute Gasteiger partial charge is 0.226 e. The lowest BCUT2D eigenvalue weighted by Gasteiger charge is -2.35. The monoisotopic (exact) mass is 772 g/mol. The molecule has 0 aliphatic heterocycles. The van der Waals surface area contributed by atoms with Gasteiger partial charge in [0.05, 0.1) is 6.04 Å². The molecule has 0 radical (unpaired) electrons. The van der Waals surface area contributed by atoms with Crippen molar-refractivity contribution >= 4 is 34.7 Å². The first-order valence-electron chi connectivity index (χ1n) is 21.2. The van der Waals surface area contributed by atoms with Crippen molar-refractivity contribution in [3.63, 3.8) is 0 Å². The normalized spacial score (nSPS) is 17.7. The van der Waals surface area contributed by atoms with E-state index in [1.807, 2.05) is 6.07 Å². The molecule has 4 aliphatic carbocycles. The van der Waals surface area contributed by atoms with Crippen LogP contribution in [0, 0.1) is 0 Å². The zero-order valence-corrected chi connectivity index (χ0v) is 33.4. The number of nitrogens with zero attached hydrogens (tertiary/aromatic N) is 2. The van der Waals surface area contributed by atoms with Crippen molar-refractivity contribution in [1.82, 2.24) is 4.98 Å². The Labute approximate surface area is 351 Å². The predicted molar refractivity (Wildman–Crippen MR) is 249 cm³/mol. The summed E-state index contributed by atoms with van der Waals surface area (Å²) in [6, 6.07) is 56.7. The third-order valence-electron chi connectivity index (χ3n) is 12.5. The van der Waals surface area contributed by atoms with E-state index in [0.29, 0.717) is 5.89 Å². The van der Waals surface area contributed by atoms with Crippen molar-refractivity contribution in [1.29, 1.82) is 0 Å². The second-order valence-corrected chi connectivity index (χ2v) is 16.1. The quantitative estimate of drug-likeness (QED) is 0.154. The summed E-state index contributed by atoms with van der Waals surface area (Å²) >= 11 is 0. The van der Waals surface area contributed by atoms with Gasteiger partial charge in [0.25, 0.3) is 0 Å². The van der Waals surface area contributed by atoms with E-state index in [2.05, 4.69) is 205 Å². The molecule has 0 amide bonds. The summed E-state index contributed by atoms with van der Waals surface area (Å²) in [5.74, 6) is 1.81. The fraction of sp³-hybridized carbons (Fsp3) is 0.105. The molecule has 0 fully saturated rings. The number of para-hydroxylation sites is 1. The summed E-state index contributed by atoms with van der Waals surface area (Å²) < 4.78 is 6.57. The van der Waals surface area contributed by atoms with Gasteiger partial charge >= 0.3 is 0 Å². The summed E-state index contributed by atoms with van der Waals surface area (Å²) in [4.78, 5) is 7.50. The van der Waals surface area contributed by atoms with E-state index < -0.39 is 0 Å². The van der Waals surface area contributed by atoms with Crippen LogP contribution in [0.25, 0.3) is 57.0 Å². The van der Waals surface area contributed by atoms with Crippen LogP contribution in [-0.2, 0) is 0 Å². The van der Waals surface area contributed by atoms with E-state index >= 15 is 0 Å². The molecule has 0 saturated heterocycles. The van der Waals surface area contributed by atoms with Crippen LogP contribution in [0.15, 0.2) is 210 Å². The summed E-state index contributed by atoms with van der Waals surface area (Å²) in [6.07, 6.45) is 22.6. The van der Waals surface area contributed by atoms with Gasteiger partial charge in [0, 0.05) is 28.4 Å². The molecule has 1 heterocycles. The van der Waals surface area contributed by atoms with Crippen LogP contribution >= 0.6 is 0 Å². The van der Waals surface area contributed by atoms with Gasteiger partial charge < -0.3 is 9.32 Å². The van der Waals surface area contributed by atoms with Crippen molar-refractivity contribution < 1.29 is 4.42 Å². The van der Waals surface area contributed by atoms with Gasteiger partial charge in [0.2, 0.25) is 5.89 Å². The van der Waals surface area contributed by atoms with Crippen LogP contribution in [0.1, 0.15) is 48.6 Å². The average molecular weight is 773 g/mol. The molecule has 2 atom stereocenters. The average Bonchev–Trinajstić information content (AvgIpc) is 3.78. The van der Waals surface area contributed by atoms with Crippen molar-refractivity contribution in [2.45, 2.75) is 37.6 Å². The van der Waals surface area contributed by atoms with Gasteiger partial charge in [0.1, 0.15) is 11.5 Å². The summed E-state index contributed by atoms with van der Waals surface area (Å²) in [5.41, 5.74) is 15.8. The van der Waals surface area contributed by atoms with Crippen LogP contribution in [0.3, 0.4) is 0 Å². The largest absolute Gasteiger partial charge is 0.440 e. The van der Waals surface area contributed by atoms with Gasteiger partial charge in [0.15, 0.2) is 0 Å². The van der Waals surface area contributed by atoms with E-state index in [-0.39, 0.29) is 12.0 Å². The molecule has 0 N–H and O–H groups in total. The fourth-order valence-electron chi connectivity index (χ4n) is 9.45. The van der Waals surface area contributed by atoms with Crippen molar-refractivity contribution in [3.8, 4) is 33.7 Å². The molecular formula is C57H44N2O. The Morgan fingerprint density at radius 3 is 2.02 bits per heavy atom. The maximum Gasteiger partial charge on any atom is 0.226 e. The van der Waals surface area contributed by atoms with Crippen LogP contribution in [0.4, 0.5) is 11.4 Å². The maximum atomic E-state index is 6.57. The number of anilines is 2. The van der Waals surface area contributed by atoms with E-state index in [0.717, 1.165) is 42.7 Å². The second-order valence-electron chi connectivity index (χ2n) is 16.1. The molecule has 4 aliphatic rings. The van der Waals surface area contributed by atoms with Crippen molar-refractivity contribution in [2.75, 3.05) is 4.90 Å². The van der Waals surface area contributed by atoms with Crippen LogP contribution in [0.2, 0.25) is 0 Å². The Bertz CT molecular complexity index is 3020. The van der Waals surface area contributed by atoms with E-state index in [1.165, 1.54) is 71.9 Å². The highest BCUT2D eigenvalue weighted by molar-refractivity contribution is 5.85. The van der Waals surface area contributed by atoms with Gasteiger partial charge in [-0.3, -0.25) is 0 Å². The van der Waals surface area contributed by atoms with Gasteiger partial charge in [-0.05, 0) is 117 Å². The molecule has 11 rings (SSSR count). The minimum atomic E-state index is 0.156. The molecule has 3 heteroatoms. The number of fused-ring (bicyclic) bond motifs is 4. The highest BCUT2D eigenvalue weighted by Crippen LogP contribution is 2.44. The molecule has 60 heavy (non-hydrogen) atoms. The van der Waals surface area contributed by atoms with Gasteiger partial charge in [-0.15, -0.1) is 0 Å². The molecule has 0 spiro atoms. The number of rotatable bonds is 8. The minimum absolute atomic E-state index is 0.156. The maximum absolute atomic E-state index is 6.57. The number of hydrogen-bond donors (Lipinski definition) is 0. The molecule has 2 unspecified atom stereocenters. The predicted octanol–water partition coefficient (Wildman–Crippen LogP) is 13.0. The standard InChI is InChI=1S/C57H44N2O/c1-4-13-39(14-5-1)41-23-25-44(26-24-41)57-58-54-36-30-47-37-46(29-34-53(47)56(54)60-57)50-21-12-19-45-38-49(33-35-51(45)50)59(48-31-27-42(28-32-48)40-15-6-2-7-16-40)55-22-11-10-20-52(55)43-17-8-3-9-18-43/h1-11,13-20,22-31,33,35-38,48,53H,12,21,32,34H2. The summed E-state index contributed by atoms with van der Waals surface area (Å²) in [5, 5.41) is 2.63. The first-order chi connectivity index (χ1) is 29.7. The third-order valence-corrected chi connectivity index (χ3v) is 12.5. The fourth-order valence-corrected chi connectivity index (χ4v) is 9.45. The van der Waals surface area contributed by atoms with Gasteiger partial charge in [-0.1, -0.05) is 170 Å². The molecule has 3 nitrogen and oxygen atoms in total. The van der Waals surface area contributed by atoms with Gasteiger partial charge in [-0.25, -0.2) is 4.98 Å². The minimum Gasteiger partial charge on any atom is -0.440 e. The molecule has 7 aromatic rings. The van der Waals surface area contributed by atoms with Crippen LogP contribution in [0.5, 0.6) is 0 Å².